The molecule has 134 valence electrons. The number of anilines is 2. The van der Waals surface area contributed by atoms with E-state index in [1.54, 1.807) is 54.6 Å². The first-order valence-corrected chi connectivity index (χ1v) is 8.47. The van der Waals surface area contributed by atoms with Crippen molar-refractivity contribution in [3.05, 3.63) is 95.6 Å². The van der Waals surface area contributed by atoms with Crippen molar-refractivity contribution in [2.24, 2.45) is 0 Å². The van der Waals surface area contributed by atoms with Crippen LogP contribution in [0.4, 0.5) is 11.4 Å². The van der Waals surface area contributed by atoms with E-state index >= 15 is 0 Å². The molecule has 27 heavy (non-hydrogen) atoms. The molecule has 1 aliphatic carbocycles. The lowest BCUT2D eigenvalue weighted by molar-refractivity contribution is -0.112. The summed E-state index contributed by atoms with van der Waals surface area (Å²) in [5.74, 6) is -0.451. The van der Waals surface area contributed by atoms with Gasteiger partial charge in [-0.1, -0.05) is 36.4 Å². The third-order valence-corrected chi connectivity index (χ3v) is 3.97. The van der Waals surface area contributed by atoms with Gasteiger partial charge in [-0.3, -0.25) is 14.4 Å². The molecule has 5 heteroatoms. The van der Waals surface area contributed by atoms with Crippen LogP contribution in [0.15, 0.2) is 84.5 Å². The van der Waals surface area contributed by atoms with Gasteiger partial charge in [-0.2, -0.15) is 0 Å². The molecule has 0 aromatic heterocycles. The van der Waals surface area contributed by atoms with E-state index in [2.05, 4.69) is 10.6 Å². The van der Waals surface area contributed by atoms with Gasteiger partial charge >= 0.3 is 0 Å². The van der Waals surface area contributed by atoms with Crippen molar-refractivity contribution in [3.8, 4) is 0 Å². The first kappa shape index (κ1) is 18.1. The van der Waals surface area contributed by atoms with Gasteiger partial charge in [0.1, 0.15) is 6.29 Å². The molecule has 0 spiro atoms. The third-order valence-electron chi connectivity index (χ3n) is 3.97. The Bertz CT molecular complexity index is 937. The highest BCUT2D eigenvalue weighted by atomic mass is 16.2. The van der Waals surface area contributed by atoms with E-state index in [0.29, 0.717) is 34.5 Å². The minimum absolute atomic E-state index is 0.179. The van der Waals surface area contributed by atoms with Crippen molar-refractivity contribution >= 4 is 29.5 Å². The highest BCUT2D eigenvalue weighted by Crippen LogP contribution is 2.16. The fourth-order valence-electron chi connectivity index (χ4n) is 2.50. The number of aldehydes is 1. The van der Waals surface area contributed by atoms with Gasteiger partial charge in [-0.05, 0) is 48.9 Å². The molecule has 3 rings (SSSR count). The van der Waals surface area contributed by atoms with Crippen molar-refractivity contribution in [3.63, 3.8) is 0 Å². The van der Waals surface area contributed by atoms with E-state index in [-0.39, 0.29) is 11.8 Å². The largest absolute Gasteiger partial charge is 0.322 e. The number of hydrogen-bond acceptors (Lipinski definition) is 3. The van der Waals surface area contributed by atoms with Gasteiger partial charge < -0.3 is 10.6 Å². The lowest BCUT2D eigenvalue weighted by Gasteiger charge is -2.08. The minimum Gasteiger partial charge on any atom is -0.322 e. The molecule has 0 saturated carbocycles. The molecule has 0 saturated heterocycles. The van der Waals surface area contributed by atoms with Gasteiger partial charge in [-0.25, -0.2) is 0 Å². The Kier molecular flexibility index (Phi) is 5.74. The van der Waals surface area contributed by atoms with E-state index in [1.807, 2.05) is 24.3 Å². The zero-order chi connectivity index (χ0) is 19.1. The maximum Gasteiger partial charge on any atom is 0.255 e. The highest BCUT2D eigenvalue weighted by molar-refractivity contribution is 6.06. The average Bonchev–Trinajstić information content (AvgIpc) is 2.99. The van der Waals surface area contributed by atoms with E-state index < -0.39 is 0 Å². The Hall–Kier alpha value is -3.73. The van der Waals surface area contributed by atoms with Crippen LogP contribution in [0.5, 0.6) is 0 Å². The Labute approximate surface area is 157 Å². The molecular formula is C22H18N2O3. The molecule has 0 unspecified atom stereocenters. The van der Waals surface area contributed by atoms with Crippen LogP contribution in [-0.4, -0.2) is 18.1 Å². The predicted octanol–water partition coefficient (Wildman–Crippen LogP) is 4.13. The minimum atomic E-state index is -0.273. The SMILES string of the molecule is O=Cc1ccc(C(=O)Nc2ccc(NC(=O)C3=CCC=CC=C3)cc2)cc1. The third kappa shape index (κ3) is 4.89. The second-order valence-corrected chi connectivity index (χ2v) is 5.91. The van der Waals surface area contributed by atoms with Crippen LogP contribution in [0, 0.1) is 0 Å². The molecule has 2 aromatic rings. The first-order chi connectivity index (χ1) is 13.2. The topological polar surface area (TPSA) is 75.3 Å². The van der Waals surface area contributed by atoms with Crippen molar-refractivity contribution in [2.45, 2.75) is 6.42 Å². The fourth-order valence-corrected chi connectivity index (χ4v) is 2.50. The monoisotopic (exact) mass is 358 g/mol. The maximum atomic E-state index is 12.3. The number of carbonyl (C=O) groups excluding carboxylic acids is 3. The van der Waals surface area contributed by atoms with Gasteiger partial charge in [0.15, 0.2) is 0 Å². The van der Waals surface area contributed by atoms with Crippen LogP contribution < -0.4 is 10.6 Å². The molecule has 2 amide bonds. The second-order valence-electron chi connectivity index (χ2n) is 5.91. The Morgan fingerprint density at radius 3 is 2.07 bits per heavy atom. The maximum absolute atomic E-state index is 12.3. The summed E-state index contributed by atoms with van der Waals surface area (Å²) in [6, 6.07) is 13.2. The molecule has 5 nitrogen and oxygen atoms in total. The molecule has 0 fully saturated rings. The van der Waals surface area contributed by atoms with Gasteiger partial charge in [0.25, 0.3) is 11.8 Å². The number of amides is 2. The van der Waals surface area contributed by atoms with Gasteiger partial charge in [0, 0.05) is 28.1 Å². The zero-order valence-electron chi connectivity index (χ0n) is 14.5. The Balaban J connectivity index is 1.61. The van der Waals surface area contributed by atoms with Gasteiger partial charge in [0.05, 0.1) is 0 Å². The van der Waals surface area contributed by atoms with Gasteiger partial charge in [0.2, 0.25) is 0 Å². The van der Waals surface area contributed by atoms with Gasteiger partial charge in [-0.15, -0.1) is 0 Å². The summed E-state index contributed by atoms with van der Waals surface area (Å²) >= 11 is 0. The molecule has 2 N–H and O–H groups in total. The molecular weight excluding hydrogens is 340 g/mol. The van der Waals surface area contributed by atoms with E-state index in [9.17, 15) is 14.4 Å². The number of benzene rings is 2. The molecule has 0 atom stereocenters. The Morgan fingerprint density at radius 1 is 0.815 bits per heavy atom. The van der Waals surface area contributed by atoms with Crippen LogP contribution in [0.1, 0.15) is 27.1 Å². The van der Waals surface area contributed by atoms with Crippen LogP contribution >= 0.6 is 0 Å². The van der Waals surface area contributed by atoms with Crippen LogP contribution in [-0.2, 0) is 4.79 Å². The van der Waals surface area contributed by atoms with Crippen LogP contribution in [0.2, 0.25) is 0 Å². The average molecular weight is 358 g/mol. The summed E-state index contributed by atoms with van der Waals surface area (Å²) in [6.45, 7) is 0. The zero-order valence-corrected chi connectivity index (χ0v) is 14.5. The fraction of sp³-hybridized carbons (Fsp3) is 0.0455. The summed E-state index contributed by atoms with van der Waals surface area (Å²) in [4.78, 5) is 35.2. The van der Waals surface area contributed by atoms with E-state index in [1.165, 1.54) is 0 Å². The number of hydrogen-bond donors (Lipinski definition) is 2. The van der Waals surface area contributed by atoms with E-state index in [0.717, 1.165) is 6.29 Å². The smallest absolute Gasteiger partial charge is 0.255 e. The molecule has 2 aromatic carbocycles. The molecule has 1 aliphatic rings. The number of rotatable bonds is 5. The van der Waals surface area contributed by atoms with Crippen molar-refractivity contribution in [1.82, 2.24) is 0 Å². The summed E-state index contributed by atoms with van der Waals surface area (Å²) < 4.78 is 0. The second kappa shape index (κ2) is 8.58. The summed E-state index contributed by atoms with van der Waals surface area (Å²) in [6.07, 6.45) is 10.8. The normalized spacial score (nSPS) is 12.7. The quantitative estimate of drug-likeness (QED) is 0.789. The van der Waals surface area contributed by atoms with E-state index in [4.69, 9.17) is 0 Å². The number of allylic oxidation sites excluding steroid dienone is 4. The highest BCUT2D eigenvalue weighted by Gasteiger charge is 2.09. The summed E-state index contributed by atoms with van der Waals surface area (Å²) in [5, 5.41) is 5.61. The molecule has 0 aliphatic heterocycles. The summed E-state index contributed by atoms with van der Waals surface area (Å²) in [5.41, 5.74) is 2.82. The number of carbonyl (C=O) groups is 3. The van der Waals surface area contributed by atoms with Crippen molar-refractivity contribution in [2.75, 3.05) is 10.6 Å². The Morgan fingerprint density at radius 2 is 1.44 bits per heavy atom. The lowest BCUT2D eigenvalue weighted by Crippen LogP contribution is -2.14. The molecule has 0 radical (unpaired) electrons. The standard InChI is InChI=1S/C22H18N2O3/c25-15-16-7-9-18(10-8-16)22(27)24-20-13-11-19(12-14-20)23-21(26)17-5-3-1-2-4-6-17/h1-3,5-15H,4H2,(H,23,26)(H,24,27). The summed E-state index contributed by atoms with van der Waals surface area (Å²) in [7, 11) is 0. The van der Waals surface area contributed by atoms with Crippen molar-refractivity contribution in [1.29, 1.82) is 0 Å². The lowest BCUT2D eigenvalue weighted by atomic mass is 10.1. The first-order valence-electron chi connectivity index (χ1n) is 8.47. The van der Waals surface area contributed by atoms with Crippen molar-refractivity contribution < 1.29 is 14.4 Å². The van der Waals surface area contributed by atoms with Crippen LogP contribution in [0.3, 0.4) is 0 Å². The number of nitrogens with one attached hydrogen (secondary N) is 2. The predicted molar refractivity (Wildman–Crippen MR) is 106 cm³/mol. The molecule has 0 heterocycles. The molecule has 0 bridgehead atoms. The van der Waals surface area contributed by atoms with Crippen LogP contribution in [0.25, 0.3) is 0 Å².